The maximum atomic E-state index is 14.1. The summed E-state index contributed by atoms with van der Waals surface area (Å²) in [6.07, 6.45) is 7.61. The van der Waals surface area contributed by atoms with Crippen LogP contribution in [0.1, 0.15) is 38.5 Å². The highest BCUT2D eigenvalue weighted by atomic mass is 35.5. The van der Waals surface area contributed by atoms with E-state index in [1.807, 2.05) is 18.3 Å². The maximum absolute atomic E-state index is 14.1. The van der Waals surface area contributed by atoms with Crippen LogP contribution in [-0.2, 0) is 10.0 Å². The molecule has 3 aliphatic rings. The van der Waals surface area contributed by atoms with Crippen LogP contribution >= 0.6 is 11.6 Å². The second-order valence-electron chi connectivity index (χ2n) is 9.80. The Labute approximate surface area is 211 Å². The largest absolute Gasteiger partial charge is 0.489 e. The summed E-state index contributed by atoms with van der Waals surface area (Å²) in [6, 6.07) is 7.75. The van der Waals surface area contributed by atoms with Gasteiger partial charge in [-0.15, -0.1) is 0 Å². The molecule has 0 radical (unpaired) electrons. The van der Waals surface area contributed by atoms with Crippen molar-refractivity contribution in [1.29, 1.82) is 0 Å². The summed E-state index contributed by atoms with van der Waals surface area (Å²) >= 11 is 5.88. The lowest BCUT2D eigenvalue weighted by Gasteiger charge is -2.42. The van der Waals surface area contributed by atoms with E-state index in [1.54, 1.807) is 0 Å². The Morgan fingerprint density at radius 2 is 1.80 bits per heavy atom. The van der Waals surface area contributed by atoms with E-state index in [0.717, 1.165) is 82.2 Å². The van der Waals surface area contributed by atoms with E-state index < -0.39 is 20.7 Å². The lowest BCUT2D eigenvalue weighted by molar-refractivity contribution is 0.139. The van der Waals surface area contributed by atoms with Crippen LogP contribution in [0.5, 0.6) is 5.75 Å². The zero-order chi connectivity index (χ0) is 24.4. The molecule has 1 aromatic carbocycles. The number of nitrogens with zero attached hydrogens (tertiary/aromatic N) is 3. The van der Waals surface area contributed by atoms with Gasteiger partial charge in [-0.05, 0) is 74.8 Å². The molecule has 7 nitrogen and oxygen atoms in total. The van der Waals surface area contributed by atoms with E-state index in [-0.39, 0.29) is 11.1 Å². The highest BCUT2D eigenvalue weighted by Crippen LogP contribution is 2.33. The van der Waals surface area contributed by atoms with Gasteiger partial charge >= 0.3 is 0 Å². The number of rotatable bonds is 8. The molecule has 0 unspecified atom stereocenters. The molecule has 1 aliphatic heterocycles. The van der Waals surface area contributed by atoms with Crippen LogP contribution in [0.4, 0.5) is 10.2 Å². The average molecular weight is 523 g/mol. The Hall–Kier alpha value is -1.94. The van der Waals surface area contributed by atoms with Crippen molar-refractivity contribution < 1.29 is 17.5 Å². The molecule has 190 valence electrons. The first-order valence-electron chi connectivity index (χ1n) is 12.4. The summed E-state index contributed by atoms with van der Waals surface area (Å²) in [5.74, 6) is 1.71. The standard InChI is InChI=1S/C25H32ClFN4O3S/c26-19-5-10-22(27)24(16-19)35(32,33)29-20-6-8-21(9-7-20)30-12-14-31(15-13-30)25-23(2-1-11-28-25)34-17-18-3-4-18/h1-2,5,10-11,16,18,20-21,29H,3-4,6-9,12-15,17H2. The number of benzene rings is 1. The monoisotopic (exact) mass is 522 g/mol. The molecule has 0 bridgehead atoms. The second-order valence-corrected chi connectivity index (χ2v) is 11.9. The van der Waals surface area contributed by atoms with Crippen molar-refractivity contribution in [3.8, 4) is 5.75 Å². The first-order chi connectivity index (χ1) is 16.9. The zero-order valence-electron chi connectivity index (χ0n) is 19.7. The van der Waals surface area contributed by atoms with Crippen molar-refractivity contribution in [2.75, 3.05) is 37.7 Å². The van der Waals surface area contributed by atoms with Crippen LogP contribution in [0.2, 0.25) is 5.02 Å². The molecular weight excluding hydrogens is 491 g/mol. The number of anilines is 1. The van der Waals surface area contributed by atoms with Gasteiger partial charge in [0.2, 0.25) is 10.0 Å². The van der Waals surface area contributed by atoms with Gasteiger partial charge in [-0.3, -0.25) is 4.90 Å². The SMILES string of the molecule is O=S(=O)(NC1CCC(N2CCN(c3ncccc3OCC3CC3)CC2)CC1)c1cc(Cl)ccc1F. The maximum Gasteiger partial charge on any atom is 0.243 e. The Kier molecular flexibility index (Phi) is 7.48. The molecular formula is C25H32ClFN4O3S. The molecule has 10 heteroatoms. The van der Waals surface area contributed by atoms with Crippen molar-refractivity contribution in [2.45, 2.75) is 55.5 Å². The lowest BCUT2D eigenvalue weighted by atomic mass is 9.90. The number of hydrogen-bond donors (Lipinski definition) is 1. The van der Waals surface area contributed by atoms with Gasteiger partial charge in [0.1, 0.15) is 10.7 Å². The summed E-state index contributed by atoms with van der Waals surface area (Å²) in [5.41, 5.74) is 0. The number of pyridine rings is 1. The number of nitrogens with one attached hydrogen (secondary N) is 1. The third kappa shape index (κ3) is 6.07. The summed E-state index contributed by atoms with van der Waals surface area (Å²) in [7, 11) is -3.95. The minimum Gasteiger partial charge on any atom is -0.489 e. The molecule has 1 N–H and O–H groups in total. The Morgan fingerprint density at radius 3 is 2.51 bits per heavy atom. The average Bonchev–Trinajstić information content (AvgIpc) is 3.69. The topological polar surface area (TPSA) is 74.8 Å². The Bertz CT molecular complexity index is 1130. The molecule has 2 heterocycles. The van der Waals surface area contributed by atoms with Crippen LogP contribution in [0.15, 0.2) is 41.4 Å². The second kappa shape index (κ2) is 10.6. The summed E-state index contributed by atoms with van der Waals surface area (Å²) in [5, 5.41) is 0.196. The Balaban J connectivity index is 1.12. The fourth-order valence-corrected chi connectivity index (χ4v) is 6.69. The molecule has 0 amide bonds. The lowest BCUT2D eigenvalue weighted by Crippen LogP contribution is -2.52. The predicted octanol–water partition coefficient (Wildman–Crippen LogP) is 4.07. The zero-order valence-corrected chi connectivity index (χ0v) is 21.3. The van der Waals surface area contributed by atoms with Crippen molar-refractivity contribution in [3.63, 3.8) is 0 Å². The fraction of sp³-hybridized carbons (Fsp3) is 0.560. The summed E-state index contributed by atoms with van der Waals surface area (Å²) < 4.78 is 48.2. The van der Waals surface area contributed by atoms with Gasteiger partial charge in [-0.25, -0.2) is 22.5 Å². The van der Waals surface area contributed by atoms with Crippen molar-refractivity contribution >= 4 is 27.4 Å². The van der Waals surface area contributed by atoms with Gasteiger partial charge in [0.05, 0.1) is 6.61 Å². The van der Waals surface area contributed by atoms with E-state index in [0.29, 0.717) is 12.0 Å². The van der Waals surface area contributed by atoms with Gasteiger partial charge in [0.15, 0.2) is 11.6 Å². The third-order valence-corrected chi connectivity index (χ3v) is 9.02. The van der Waals surface area contributed by atoms with Gasteiger partial charge in [-0.1, -0.05) is 11.6 Å². The van der Waals surface area contributed by atoms with Crippen molar-refractivity contribution in [3.05, 3.63) is 47.4 Å². The van der Waals surface area contributed by atoms with E-state index in [2.05, 4.69) is 19.5 Å². The summed E-state index contributed by atoms with van der Waals surface area (Å²) in [6.45, 7) is 4.42. The molecule has 2 aliphatic carbocycles. The predicted molar refractivity (Wildman–Crippen MR) is 134 cm³/mol. The minimum atomic E-state index is -3.95. The van der Waals surface area contributed by atoms with Crippen molar-refractivity contribution in [1.82, 2.24) is 14.6 Å². The minimum absolute atomic E-state index is 0.196. The molecule has 0 atom stereocenters. The van der Waals surface area contributed by atoms with Gasteiger partial charge in [0, 0.05) is 49.5 Å². The van der Waals surface area contributed by atoms with Crippen LogP contribution in [-0.4, -0.2) is 63.2 Å². The van der Waals surface area contributed by atoms with Crippen LogP contribution in [0.25, 0.3) is 0 Å². The molecule has 2 aromatic rings. The molecule has 1 aromatic heterocycles. The molecule has 2 saturated carbocycles. The van der Waals surface area contributed by atoms with Gasteiger partial charge in [0.25, 0.3) is 0 Å². The Morgan fingerprint density at radius 1 is 1.06 bits per heavy atom. The number of sulfonamides is 1. The third-order valence-electron chi connectivity index (χ3n) is 7.25. The van der Waals surface area contributed by atoms with Crippen LogP contribution in [0, 0.1) is 11.7 Å². The molecule has 1 saturated heterocycles. The van der Waals surface area contributed by atoms with E-state index in [1.165, 1.54) is 18.9 Å². The highest BCUT2D eigenvalue weighted by molar-refractivity contribution is 7.89. The van der Waals surface area contributed by atoms with E-state index in [9.17, 15) is 12.8 Å². The van der Waals surface area contributed by atoms with Gasteiger partial charge < -0.3 is 9.64 Å². The van der Waals surface area contributed by atoms with E-state index >= 15 is 0 Å². The smallest absolute Gasteiger partial charge is 0.243 e. The first kappa shape index (κ1) is 24.7. The van der Waals surface area contributed by atoms with Gasteiger partial charge in [-0.2, -0.15) is 0 Å². The number of aromatic nitrogens is 1. The molecule has 0 spiro atoms. The number of halogens is 2. The number of ether oxygens (including phenoxy) is 1. The molecule has 35 heavy (non-hydrogen) atoms. The quantitative estimate of drug-likeness (QED) is 0.563. The number of hydrogen-bond acceptors (Lipinski definition) is 6. The van der Waals surface area contributed by atoms with Crippen LogP contribution < -0.4 is 14.4 Å². The normalized spacial score (nSPS) is 23.9. The van der Waals surface area contributed by atoms with E-state index in [4.69, 9.17) is 16.3 Å². The first-order valence-corrected chi connectivity index (χ1v) is 14.3. The number of piperazine rings is 1. The fourth-order valence-electron chi connectivity index (χ4n) is 5.05. The highest BCUT2D eigenvalue weighted by Gasteiger charge is 2.32. The van der Waals surface area contributed by atoms with Crippen molar-refractivity contribution in [2.24, 2.45) is 5.92 Å². The summed E-state index contributed by atoms with van der Waals surface area (Å²) in [4.78, 5) is 9.02. The molecule has 5 rings (SSSR count). The molecule has 3 fully saturated rings. The van der Waals surface area contributed by atoms with Crippen LogP contribution in [0.3, 0.4) is 0 Å².